The molecule has 0 unspecified atom stereocenters. The summed E-state index contributed by atoms with van der Waals surface area (Å²) in [6, 6.07) is 1.32. The van der Waals surface area contributed by atoms with Gasteiger partial charge in [-0.15, -0.1) is 13.2 Å². The number of aromatic nitrogens is 1. The number of esters is 1. The molecule has 1 rings (SSSR count). The van der Waals surface area contributed by atoms with Crippen molar-refractivity contribution in [1.82, 2.24) is 9.47 Å². The van der Waals surface area contributed by atoms with Gasteiger partial charge in [-0.1, -0.05) is 12.2 Å². The third-order valence-electron chi connectivity index (χ3n) is 3.51. The molecule has 0 bridgehead atoms. The zero-order valence-corrected chi connectivity index (χ0v) is 14.2. The van der Waals surface area contributed by atoms with Crippen LogP contribution < -0.4 is 0 Å². The van der Waals surface area contributed by atoms with Crippen LogP contribution in [0.25, 0.3) is 0 Å². The Morgan fingerprint density at radius 3 is 2.28 bits per heavy atom. The van der Waals surface area contributed by atoms with Gasteiger partial charge in [0.1, 0.15) is 6.54 Å². The van der Waals surface area contributed by atoms with Crippen molar-refractivity contribution in [2.45, 2.75) is 26.6 Å². The summed E-state index contributed by atoms with van der Waals surface area (Å²) in [6.07, 6.45) is -1.36. The summed E-state index contributed by atoms with van der Waals surface area (Å²) in [7, 11) is 0. The first-order valence-electron chi connectivity index (χ1n) is 7.50. The van der Waals surface area contributed by atoms with Crippen molar-refractivity contribution in [1.29, 1.82) is 0 Å². The zero-order valence-electron chi connectivity index (χ0n) is 14.2. The second-order valence-corrected chi connectivity index (χ2v) is 5.44. The lowest BCUT2D eigenvalue weighted by Crippen LogP contribution is -2.35. The van der Waals surface area contributed by atoms with E-state index in [-0.39, 0.29) is 30.0 Å². The van der Waals surface area contributed by atoms with Crippen LogP contribution >= 0.6 is 0 Å². The average molecular weight is 358 g/mol. The smallest absolute Gasteiger partial charge is 0.406 e. The number of ether oxygens (including phenoxy) is 1. The summed E-state index contributed by atoms with van der Waals surface area (Å²) < 4.78 is 43.7. The third-order valence-corrected chi connectivity index (χ3v) is 3.51. The van der Waals surface area contributed by atoms with Crippen molar-refractivity contribution in [3.63, 3.8) is 0 Å². The van der Waals surface area contributed by atoms with Gasteiger partial charge < -0.3 is 14.2 Å². The van der Waals surface area contributed by atoms with Gasteiger partial charge in [0.25, 0.3) is 5.91 Å². The van der Waals surface area contributed by atoms with E-state index in [0.29, 0.717) is 0 Å². The summed E-state index contributed by atoms with van der Waals surface area (Å²) in [6.45, 7) is 8.76. The van der Waals surface area contributed by atoms with E-state index in [4.69, 9.17) is 4.74 Å². The van der Waals surface area contributed by atoms with Crippen LogP contribution in [0.3, 0.4) is 0 Å². The van der Waals surface area contributed by atoms with Crippen LogP contribution in [0.4, 0.5) is 13.2 Å². The molecule has 0 spiro atoms. The molecule has 0 saturated carbocycles. The normalized spacial score (nSPS) is 11.1. The molecule has 0 aliphatic rings. The number of alkyl halides is 3. The number of hydrogen-bond acceptors (Lipinski definition) is 3. The third kappa shape index (κ3) is 5.81. The maximum Gasteiger partial charge on any atom is 0.406 e. The monoisotopic (exact) mass is 358 g/mol. The van der Waals surface area contributed by atoms with Crippen LogP contribution in [0, 0.1) is 13.8 Å². The summed E-state index contributed by atoms with van der Waals surface area (Å²) in [4.78, 5) is 25.5. The Kier molecular flexibility index (Phi) is 7.02. The molecule has 0 radical (unpaired) electrons. The Morgan fingerprint density at radius 2 is 1.80 bits per heavy atom. The lowest BCUT2D eigenvalue weighted by atomic mass is 10.2. The second kappa shape index (κ2) is 8.55. The number of carbonyl (C=O) groups excluding carboxylic acids is 2. The molecule has 1 amide bonds. The van der Waals surface area contributed by atoms with E-state index >= 15 is 0 Å². The lowest BCUT2D eigenvalue weighted by Gasteiger charge is -2.19. The Bertz CT molecular complexity index is 653. The summed E-state index contributed by atoms with van der Waals surface area (Å²) in [5.74, 6) is -1.29. The van der Waals surface area contributed by atoms with Crippen LogP contribution in [0.15, 0.2) is 31.4 Å². The van der Waals surface area contributed by atoms with Crippen molar-refractivity contribution in [2.24, 2.45) is 0 Å². The lowest BCUT2D eigenvalue weighted by molar-refractivity contribution is -0.141. The Balaban J connectivity index is 2.81. The highest BCUT2D eigenvalue weighted by Gasteiger charge is 2.30. The molecule has 1 aromatic heterocycles. The van der Waals surface area contributed by atoms with E-state index in [1.807, 2.05) is 0 Å². The van der Waals surface area contributed by atoms with Crippen molar-refractivity contribution >= 4 is 11.9 Å². The van der Waals surface area contributed by atoms with Gasteiger partial charge in [0.05, 0.1) is 5.56 Å². The van der Waals surface area contributed by atoms with E-state index in [1.54, 1.807) is 0 Å². The van der Waals surface area contributed by atoms with Gasteiger partial charge in [-0.25, -0.2) is 4.79 Å². The molecular weight excluding hydrogens is 337 g/mol. The first kappa shape index (κ1) is 20.5. The molecule has 0 saturated heterocycles. The fraction of sp³-hybridized carbons (Fsp3) is 0.412. The Morgan fingerprint density at radius 1 is 1.24 bits per heavy atom. The van der Waals surface area contributed by atoms with Gasteiger partial charge in [-0.3, -0.25) is 4.79 Å². The topological polar surface area (TPSA) is 51.5 Å². The molecule has 0 atom stereocenters. The molecular formula is C17H21F3N2O3. The first-order valence-corrected chi connectivity index (χ1v) is 7.50. The van der Waals surface area contributed by atoms with E-state index in [0.717, 1.165) is 4.57 Å². The summed E-state index contributed by atoms with van der Waals surface area (Å²) in [5.41, 5.74) is 0.433. The van der Waals surface area contributed by atoms with Crippen molar-refractivity contribution in [2.75, 3.05) is 19.7 Å². The highest BCUT2D eigenvalue weighted by atomic mass is 19.4. The number of aryl methyl sites for hydroxylation is 1. The second-order valence-electron chi connectivity index (χ2n) is 5.44. The van der Waals surface area contributed by atoms with E-state index in [1.165, 1.54) is 37.0 Å². The summed E-state index contributed by atoms with van der Waals surface area (Å²) >= 11 is 0. The van der Waals surface area contributed by atoms with Crippen molar-refractivity contribution in [3.8, 4) is 0 Å². The Hall–Kier alpha value is -2.51. The van der Waals surface area contributed by atoms with Gasteiger partial charge in [0.2, 0.25) is 0 Å². The SMILES string of the molecule is C=CCN(CC=C)C(=O)COC(=O)c1cc(C)n(CC(F)(F)F)c1C. The number of nitrogens with zero attached hydrogens (tertiary/aromatic N) is 2. The largest absolute Gasteiger partial charge is 0.452 e. The highest BCUT2D eigenvalue weighted by molar-refractivity contribution is 5.92. The van der Waals surface area contributed by atoms with Crippen LogP contribution in [0.1, 0.15) is 21.7 Å². The summed E-state index contributed by atoms with van der Waals surface area (Å²) in [5, 5.41) is 0. The van der Waals surface area contributed by atoms with Crippen LogP contribution in [-0.2, 0) is 16.1 Å². The molecule has 5 nitrogen and oxygen atoms in total. The maximum absolute atomic E-state index is 12.6. The van der Waals surface area contributed by atoms with Gasteiger partial charge in [-0.05, 0) is 19.9 Å². The molecule has 138 valence electrons. The maximum atomic E-state index is 12.6. The van der Waals surface area contributed by atoms with E-state index in [2.05, 4.69) is 13.2 Å². The minimum atomic E-state index is -4.40. The number of hydrogen-bond donors (Lipinski definition) is 0. The predicted octanol–water partition coefficient (Wildman–Crippen LogP) is 3.02. The van der Waals surface area contributed by atoms with E-state index in [9.17, 15) is 22.8 Å². The zero-order chi connectivity index (χ0) is 19.2. The molecule has 8 heteroatoms. The van der Waals surface area contributed by atoms with Crippen molar-refractivity contribution < 1.29 is 27.5 Å². The number of rotatable bonds is 8. The van der Waals surface area contributed by atoms with Crippen LogP contribution in [0.2, 0.25) is 0 Å². The molecule has 0 fully saturated rings. The van der Waals surface area contributed by atoms with E-state index < -0.39 is 31.2 Å². The number of amides is 1. The quantitative estimate of drug-likeness (QED) is 0.530. The molecule has 1 aromatic rings. The van der Waals surface area contributed by atoms with Gasteiger partial charge in [0.15, 0.2) is 6.61 Å². The van der Waals surface area contributed by atoms with Crippen LogP contribution in [-0.4, -0.2) is 47.2 Å². The molecule has 0 N–H and O–H groups in total. The van der Waals surface area contributed by atoms with Gasteiger partial charge in [0, 0.05) is 24.5 Å². The fourth-order valence-electron chi connectivity index (χ4n) is 2.32. The van der Waals surface area contributed by atoms with Crippen LogP contribution in [0.5, 0.6) is 0 Å². The fourth-order valence-corrected chi connectivity index (χ4v) is 2.32. The molecule has 25 heavy (non-hydrogen) atoms. The first-order chi connectivity index (χ1) is 11.6. The minimum Gasteiger partial charge on any atom is -0.452 e. The predicted molar refractivity (Wildman–Crippen MR) is 87.2 cm³/mol. The van der Waals surface area contributed by atoms with Gasteiger partial charge >= 0.3 is 12.1 Å². The average Bonchev–Trinajstić information content (AvgIpc) is 2.78. The highest BCUT2D eigenvalue weighted by Crippen LogP contribution is 2.23. The molecule has 0 aliphatic carbocycles. The molecule has 1 heterocycles. The Labute approximate surface area is 144 Å². The molecule has 0 aliphatic heterocycles. The minimum absolute atomic E-state index is 0.00791. The van der Waals surface area contributed by atoms with Crippen molar-refractivity contribution in [3.05, 3.63) is 48.3 Å². The number of halogens is 3. The standard InChI is InChI=1S/C17H21F3N2O3/c1-5-7-21(8-6-2)15(23)10-25-16(24)14-9-12(3)22(13(14)4)11-17(18,19)20/h5-6,9H,1-2,7-8,10-11H2,3-4H3. The number of carbonyl (C=O) groups is 2. The van der Waals surface area contributed by atoms with Gasteiger partial charge in [-0.2, -0.15) is 13.2 Å². The molecule has 0 aromatic carbocycles.